The summed E-state index contributed by atoms with van der Waals surface area (Å²) in [5, 5.41) is 3.58. The maximum Gasteiger partial charge on any atom is 0.234 e. The molecule has 2 unspecified atom stereocenters. The van der Waals surface area contributed by atoms with Crippen molar-refractivity contribution in [3.63, 3.8) is 0 Å². The van der Waals surface area contributed by atoms with Crippen LogP contribution in [0.25, 0.3) is 0 Å². The Hall–Kier alpha value is -1.35. The number of Topliss-reactive ketones (excluding diaryl/α,β-unsaturated/α-hetero) is 1. The highest BCUT2D eigenvalue weighted by Gasteiger charge is 2.67. The molecule has 2 atom stereocenters. The Morgan fingerprint density at radius 2 is 2.10 bits per heavy atom. The molecule has 2 aliphatic rings. The van der Waals surface area contributed by atoms with Gasteiger partial charge in [-0.15, -0.1) is 0 Å². The molecule has 21 heavy (non-hydrogen) atoms. The van der Waals surface area contributed by atoms with Crippen molar-refractivity contribution in [1.29, 1.82) is 0 Å². The lowest BCUT2D eigenvalue weighted by Crippen LogP contribution is -2.49. The molecular formula is C17H20ClNO2. The molecule has 1 N–H and O–H groups in total. The number of ketones is 1. The third kappa shape index (κ3) is 1.94. The van der Waals surface area contributed by atoms with E-state index in [4.69, 9.17) is 11.6 Å². The summed E-state index contributed by atoms with van der Waals surface area (Å²) in [6.45, 7) is 4.49. The Balaban J connectivity index is 1.80. The highest BCUT2D eigenvalue weighted by atomic mass is 35.5. The van der Waals surface area contributed by atoms with E-state index < -0.39 is 5.41 Å². The van der Waals surface area contributed by atoms with Gasteiger partial charge in [-0.25, -0.2) is 0 Å². The highest BCUT2D eigenvalue weighted by Crippen LogP contribution is 2.63. The van der Waals surface area contributed by atoms with Crippen molar-refractivity contribution in [3.05, 3.63) is 34.9 Å². The Morgan fingerprint density at radius 3 is 2.67 bits per heavy atom. The quantitative estimate of drug-likeness (QED) is 0.871. The fourth-order valence-electron chi connectivity index (χ4n) is 4.18. The molecule has 0 spiro atoms. The summed E-state index contributed by atoms with van der Waals surface area (Å²) in [6.07, 6.45) is 2.20. The lowest BCUT2D eigenvalue weighted by atomic mass is 9.68. The van der Waals surface area contributed by atoms with E-state index in [0.29, 0.717) is 30.3 Å². The molecule has 1 amide bonds. The van der Waals surface area contributed by atoms with E-state index in [0.717, 1.165) is 12.0 Å². The average Bonchev–Trinajstić information content (AvgIpc) is 2.81. The van der Waals surface area contributed by atoms with Crippen molar-refractivity contribution < 1.29 is 9.59 Å². The smallest absolute Gasteiger partial charge is 0.234 e. The van der Waals surface area contributed by atoms with E-state index in [1.165, 1.54) is 0 Å². The SMILES string of the molecule is CC1(C)C2CCC1(C(=O)NCc1ccccc1Cl)C(=O)C2. The number of fused-ring (bicyclic) bond motifs is 2. The van der Waals surface area contributed by atoms with E-state index in [1.807, 2.05) is 18.2 Å². The van der Waals surface area contributed by atoms with E-state index in [2.05, 4.69) is 19.2 Å². The van der Waals surface area contributed by atoms with Crippen LogP contribution < -0.4 is 5.32 Å². The minimum atomic E-state index is -0.834. The number of hydrogen-bond acceptors (Lipinski definition) is 2. The predicted molar refractivity (Wildman–Crippen MR) is 81.9 cm³/mol. The number of rotatable bonds is 3. The number of halogens is 1. The topological polar surface area (TPSA) is 46.2 Å². The molecule has 112 valence electrons. The zero-order valence-corrected chi connectivity index (χ0v) is 13.2. The molecule has 2 fully saturated rings. The lowest BCUT2D eigenvalue weighted by Gasteiger charge is -2.34. The first-order valence-corrected chi connectivity index (χ1v) is 7.82. The van der Waals surface area contributed by atoms with Crippen molar-refractivity contribution >= 4 is 23.3 Å². The molecule has 0 heterocycles. The van der Waals surface area contributed by atoms with Crippen molar-refractivity contribution in [2.45, 2.75) is 39.7 Å². The van der Waals surface area contributed by atoms with E-state index in [1.54, 1.807) is 6.07 Å². The van der Waals surface area contributed by atoms with Gasteiger partial charge in [-0.3, -0.25) is 9.59 Å². The molecular weight excluding hydrogens is 286 g/mol. The number of nitrogens with one attached hydrogen (secondary N) is 1. The molecule has 0 aliphatic heterocycles. The largest absolute Gasteiger partial charge is 0.351 e. The first-order valence-electron chi connectivity index (χ1n) is 7.44. The molecule has 0 radical (unpaired) electrons. The summed E-state index contributed by atoms with van der Waals surface area (Å²) >= 11 is 6.11. The zero-order chi connectivity index (χ0) is 15.3. The van der Waals surface area contributed by atoms with Gasteiger partial charge in [0.2, 0.25) is 5.91 Å². The molecule has 2 saturated carbocycles. The van der Waals surface area contributed by atoms with E-state index >= 15 is 0 Å². The van der Waals surface area contributed by atoms with Crippen molar-refractivity contribution in [2.75, 3.05) is 0 Å². The van der Waals surface area contributed by atoms with Crippen LogP contribution in [0.15, 0.2) is 24.3 Å². The van der Waals surface area contributed by atoms with Crippen molar-refractivity contribution in [2.24, 2.45) is 16.7 Å². The fourth-order valence-corrected chi connectivity index (χ4v) is 4.38. The third-order valence-corrected chi connectivity index (χ3v) is 6.05. The van der Waals surface area contributed by atoms with Gasteiger partial charge < -0.3 is 5.32 Å². The number of amides is 1. The molecule has 3 rings (SSSR count). The Kier molecular flexibility index (Phi) is 3.36. The van der Waals surface area contributed by atoms with Gasteiger partial charge in [0.1, 0.15) is 11.2 Å². The average molecular weight is 306 g/mol. The van der Waals surface area contributed by atoms with Gasteiger partial charge in [0.25, 0.3) is 0 Å². The van der Waals surface area contributed by atoms with Crippen LogP contribution in [0.4, 0.5) is 0 Å². The minimum absolute atomic E-state index is 0.111. The Morgan fingerprint density at radius 1 is 1.38 bits per heavy atom. The summed E-state index contributed by atoms with van der Waals surface area (Å²) in [6, 6.07) is 7.44. The van der Waals surface area contributed by atoms with Gasteiger partial charge in [0, 0.05) is 18.0 Å². The van der Waals surface area contributed by atoms with Crippen LogP contribution in [-0.2, 0) is 16.1 Å². The van der Waals surface area contributed by atoms with Crippen LogP contribution in [0.5, 0.6) is 0 Å². The number of benzene rings is 1. The normalized spacial score (nSPS) is 29.7. The van der Waals surface area contributed by atoms with Crippen LogP contribution in [0.2, 0.25) is 5.02 Å². The van der Waals surface area contributed by atoms with Crippen molar-refractivity contribution in [3.8, 4) is 0 Å². The third-order valence-electron chi connectivity index (χ3n) is 5.68. The van der Waals surface area contributed by atoms with E-state index in [-0.39, 0.29) is 17.1 Å². The monoisotopic (exact) mass is 305 g/mol. The van der Waals surface area contributed by atoms with Gasteiger partial charge in [-0.2, -0.15) is 0 Å². The molecule has 2 bridgehead atoms. The highest BCUT2D eigenvalue weighted by molar-refractivity contribution is 6.31. The maximum absolute atomic E-state index is 12.8. The van der Waals surface area contributed by atoms with Crippen molar-refractivity contribution in [1.82, 2.24) is 5.32 Å². The second-order valence-electron chi connectivity index (χ2n) is 6.76. The van der Waals surface area contributed by atoms with Gasteiger partial charge in [-0.1, -0.05) is 43.6 Å². The molecule has 0 saturated heterocycles. The molecule has 1 aromatic carbocycles. The lowest BCUT2D eigenvalue weighted by molar-refractivity contribution is -0.145. The first kappa shape index (κ1) is 14.6. The minimum Gasteiger partial charge on any atom is -0.351 e. The second kappa shape index (κ2) is 4.84. The van der Waals surface area contributed by atoms with Gasteiger partial charge in [0.05, 0.1) is 0 Å². The van der Waals surface area contributed by atoms with Crippen LogP contribution in [-0.4, -0.2) is 11.7 Å². The Labute approximate surface area is 130 Å². The van der Waals surface area contributed by atoms with Crippen LogP contribution >= 0.6 is 11.6 Å². The number of hydrogen-bond donors (Lipinski definition) is 1. The molecule has 0 aromatic heterocycles. The van der Waals surface area contributed by atoms with Crippen LogP contribution in [0.1, 0.15) is 38.7 Å². The summed E-state index contributed by atoms with van der Waals surface area (Å²) in [4.78, 5) is 25.2. The second-order valence-corrected chi connectivity index (χ2v) is 7.17. The summed E-state index contributed by atoms with van der Waals surface area (Å²) < 4.78 is 0. The summed E-state index contributed by atoms with van der Waals surface area (Å²) in [5.41, 5.74) is -0.199. The number of carbonyl (C=O) groups excluding carboxylic acids is 2. The number of carbonyl (C=O) groups is 2. The standard InChI is InChI=1S/C17H20ClNO2/c1-16(2)12-7-8-17(16,14(20)9-12)15(21)19-10-11-5-3-4-6-13(11)18/h3-6,12H,7-10H2,1-2H3,(H,19,21). The molecule has 4 heteroatoms. The fraction of sp³-hybridized carbons (Fsp3) is 0.529. The molecule has 1 aromatic rings. The van der Waals surface area contributed by atoms with Gasteiger partial charge in [0.15, 0.2) is 0 Å². The molecule has 2 aliphatic carbocycles. The zero-order valence-electron chi connectivity index (χ0n) is 12.4. The van der Waals surface area contributed by atoms with Crippen LogP contribution in [0.3, 0.4) is 0 Å². The Bertz CT molecular complexity index is 611. The van der Waals surface area contributed by atoms with Gasteiger partial charge in [-0.05, 0) is 35.8 Å². The first-order chi connectivity index (χ1) is 9.89. The summed E-state index contributed by atoms with van der Waals surface area (Å²) in [7, 11) is 0. The maximum atomic E-state index is 12.8. The molecule has 3 nitrogen and oxygen atoms in total. The predicted octanol–water partition coefficient (Wildman–Crippen LogP) is 3.35. The van der Waals surface area contributed by atoms with E-state index in [9.17, 15) is 9.59 Å². The van der Waals surface area contributed by atoms with Crippen LogP contribution in [0, 0.1) is 16.7 Å². The van der Waals surface area contributed by atoms with Gasteiger partial charge >= 0.3 is 0 Å². The summed E-state index contributed by atoms with van der Waals surface area (Å²) in [5.74, 6) is 0.328.